The highest BCUT2D eigenvalue weighted by Gasteiger charge is 2.37. The molecule has 0 bridgehead atoms. The highest BCUT2D eigenvalue weighted by Crippen LogP contribution is 2.25. The maximum Gasteiger partial charge on any atom is 0.410 e. The fourth-order valence-corrected chi connectivity index (χ4v) is 1.86. The van der Waals surface area contributed by atoms with Gasteiger partial charge in [-0.3, -0.25) is 0 Å². The molecule has 1 rings (SSSR count). The van der Waals surface area contributed by atoms with Gasteiger partial charge in [-0.2, -0.15) is 5.26 Å². The molecule has 0 saturated carbocycles. The third kappa shape index (κ3) is 4.17. The third-order valence-corrected chi connectivity index (χ3v) is 2.60. The second-order valence-corrected chi connectivity index (χ2v) is 5.30. The Balaban J connectivity index is 2.65. The smallest absolute Gasteiger partial charge is 0.410 e. The van der Waals surface area contributed by atoms with Gasteiger partial charge in [-0.05, 0) is 27.2 Å². The van der Waals surface area contributed by atoms with E-state index in [1.54, 1.807) is 0 Å². The summed E-state index contributed by atoms with van der Waals surface area (Å²) in [4.78, 5) is 22.9. The predicted molar refractivity (Wildman–Crippen MR) is 63.4 cm³/mol. The van der Waals surface area contributed by atoms with Crippen molar-refractivity contribution in [3.8, 4) is 6.07 Å². The molecule has 102 valence electrons. The summed E-state index contributed by atoms with van der Waals surface area (Å²) in [5.74, 6) is -0.178. The molecule has 0 radical (unpaired) electrons. The van der Waals surface area contributed by atoms with Crippen molar-refractivity contribution in [2.45, 2.75) is 38.8 Å². The average molecular weight is 256 g/mol. The summed E-state index contributed by atoms with van der Waals surface area (Å²) in [6.07, 6.45) is 0.170. The fourth-order valence-electron chi connectivity index (χ4n) is 1.86. The van der Waals surface area contributed by atoms with E-state index in [0.717, 1.165) is 0 Å². The summed E-state index contributed by atoms with van der Waals surface area (Å²) < 4.78 is 5.31. The Hall–Kier alpha value is -1.32. The molecule has 0 aromatic carbocycles. The molecule has 0 aromatic rings. The van der Waals surface area contributed by atoms with Gasteiger partial charge in [0.05, 0.1) is 25.1 Å². The van der Waals surface area contributed by atoms with Crippen LogP contribution in [-0.4, -0.2) is 42.9 Å². The van der Waals surface area contributed by atoms with Gasteiger partial charge >= 0.3 is 6.09 Å². The fraction of sp³-hybridized carbons (Fsp3) is 0.833. The lowest BCUT2D eigenvalue weighted by Gasteiger charge is -2.28. The van der Waals surface area contributed by atoms with E-state index in [4.69, 9.17) is 14.9 Å². The van der Waals surface area contributed by atoms with Crippen molar-refractivity contribution in [2.75, 3.05) is 20.3 Å². The van der Waals surface area contributed by atoms with Crippen LogP contribution in [-0.2, 0) is 14.5 Å². The maximum atomic E-state index is 12.0. The van der Waals surface area contributed by atoms with E-state index in [2.05, 4.69) is 11.0 Å². The van der Waals surface area contributed by atoms with Crippen molar-refractivity contribution >= 4 is 6.09 Å². The van der Waals surface area contributed by atoms with Crippen LogP contribution < -0.4 is 0 Å². The summed E-state index contributed by atoms with van der Waals surface area (Å²) >= 11 is 0. The van der Waals surface area contributed by atoms with Gasteiger partial charge in [0, 0.05) is 6.54 Å². The van der Waals surface area contributed by atoms with Crippen LogP contribution in [0, 0.1) is 17.2 Å². The lowest BCUT2D eigenvalue weighted by Crippen LogP contribution is -2.41. The van der Waals surface area contributed by atoms with Crippen molar-refractivity contribution in [3.63, 3.8) is 0 Å². The normalized spacial score (nSPS) is 23.8. The van der Waals surface area contributed by atoms with E-state index in [1.165, 1.54) is 12.0 Å². The Morgan fingerprint density at radius 2 is 2.17 bits per heavy atom. The summed E-state index contributed by atoms with van der Waals surface area (Å²) in [5, 5.41) is 8.94. The van der Waals surface area contributed by atoms with Crippen LogP contribution in [0.1, 0.15) is 27.2 Å². The number of hydrogen-bond acceptors (Lipinski definition) is 5. The highest BCUT2D eigenvalue weighted by molar-refractivity contribution is 5.69. The van der Waals surface area contributed by atoms with Crippen molar-refractivity contribution in [3.05, 3.63) is 0 Å². The molecular weight excluding hydrogens is 236 g/mol. The number of amides is 1. The zero-order valence-corrected chi connectivity index (χ0v) is 11.3. The molecule has 0 N–H and O–H groups in total. The molecule has 1 amide bonds. The Bertz CT molecular complexity index is 332. The number of ether oxygens (including phenoxy) is 1. The monoisotopic (exact) mass is 256 g/mol. The van der Waals surface area contributed by atoms with Crippen LogP contribution in [0.2, 0.25) is 0 Å². The lowest BCUT2D eigenvalue weighted by atomic mass is 10.1. The standard InChI is InChI=1S/C12H20N2O4/c1-12(2,3)18-11(15)14-7-9(6-13)5-10(14)8-17-16-4/h9-10H,5,7-8H2,1-4H3/t9-,10+/m1/s1. The highest BCUT2D eigenvalue weighted by atomic mass is 17.2. The van der Waals surface area contributed by atoms with E-state index in [1.807, 2.05) is 20.8 Å². The molecular formula is C12H20N2O4. The minimum atomic E-state index is -0.547. The van der Waals surface area contributed by atoms with Crippen LogP contribution >= 0.6 is 0 Å². The van der Waals surface area contributed by atoms with Gasteiger partial charge in [0.1, 0.15) is 12.2 Å². The zero-order valence-electron chi connectivity index (χ0n) is 11.3. The molecule has 1 fully saturated rings. The SMILES string of the molecule is COOC[C@@H]1C[C@H](C#N)CN1C(=O)OC(C)(C)C. The van der Waals surface area contributed by atoms with Gasteiger partial charge in [0.2, 0.25) is 0 Å². The van der Waals surface area contributed by atoms with E-state index in [9.17, 15) is 4.79 Å². The largest absolute Gasteiger partial charge is 0.444 e. The van der Waals surface area contributed by atoms with E-state index < -0.39 is 11.7 Å². The molecule has 18 heavy (non-hydrogen) atoms. The molecule has 1 saturated heterocycles. The predicted octanol–water partition coefficient (Wildman–Crippen LogP) is 1.71. The number of rotatable bonds is 3. The van der Waals surface area contributed by atoms with Crippen LogP contribution in [0.5, 0.6) is 0 Å². The van der Waals surface area contributed by atoms with Gasteiger partial charge in [0.25, 0.3) is 0 Å². The number of carbonyl (C=O) groups is 1. The molecule has 0 unspecified atom stereocenters. The molecule has 1 aliphatic rings. The summed E-state index contributed by atoms with van der Waals surface area (Å²) in [6, 6.07) is 2.00. The van der Waals surface area contributed by atoms with Crippen LogP contribution in [0.15, 0.2) is 0 Å². The summed E-state index contributed by atoms with van der Waals surface area (Å²) in [6.45, 7) is 6.05. The number of hydrogen-bond donors (Lipinski definition) is 0. The number of likely N-dealkylation sites (tertiary alicyclic amines) is 1. The molecule has 6 nitrogen and oxygen atoms in total. The molecule has 6 heteroatoms. The number of nitriles is 1. The van der Waals surface area contributed by atoms with E-state index in [-0.39, 0.29) is 18.6 Å². The Morgan fingerprint density at radius 3 is 2.67 bits per heavy atom. The van der Waals surface area contributed by atoms with Crippen LogP contribution in [0.4, 0.5) is 4.79 Å². The quantitative estimate of drug-likeness (QED) is 0.568. The van der Waals surface area contributed by atoms with Crippen molar-refractivity contribution in [1.82, 2.24) is 4.90 Å². The van der Waals surface area contributed by atoms with Crippen LogP contribution in [0.25, 0.3) is 0 Å². The first-order valence-electron chi connectivity index (χ1n) is 5.92. The summed E-state index contributed by atoms with van der Waals surface area (Å²) in [7, 11) is 1.41. The first-order valence-corrected chi connectivity index (χ1v) is 5.92. The van der Waals surface area contributed by atoms with Crippen molar-refractivity contribution in [2.24, 2.45) is 5.92 Å². The van der Waals surface area contributed by atoms with Crippen LogP contribution in [0.3, 0.4) is 0 Å². The van der Waals surface area contributed by atoms with Crippen molar-refractivity contribution < 1.29 is 19.3 Å². The van der Waals surface area contributed by atoms with Gasteiger partial charge in [-0.15, -0.1) is 0 Å². The molecule has 0 spiro atoms. The molecule has 2 atom stereocenters. The van der Waals surface area contributed by atoms with Gasteiger partial charge < -0.3 is 9.64 Å². The minimum Gasteiger partial charge on any atom is -0.444 e. The Labute approximate surface area is 107 Å². The molecule has 1 aliphatic heterocycles. The van der Waals surface area contributed by atoms with Gasteiger partial charge in [-0.1, -0.05) is 0 Å². The average Bonchev–Trinajstić information content (AvgIpc) is 2.67. The Morgan fingerprint density at radius 1 is 1.50 bits per heavy atom. The molecule has 0 aromatic heterocycles. The first kappa shape index (κ1) is 14.7. The summed E-state index contributed by atoms with van der Waals surface area (Å²) in [5.41, 5.74) is -0.547. The minimum absolute atomic E-state index is 0.176. The van der Waals surface area contributed by atoms with E-state index in [0.29, 0.717) is 13.0 Å². The lowest BCUT2D eigenvalue weighted by molar-refractivity contribution is -0.278. The second kappa shape index (κ2) is 6.03. The first-order chi connectivity index (χ1) is 8.37. The number of nitrogens with zero attached hydrogens (tertiary/aromatic N) is 2. The number of carbonyl (C=O) groups excluding carboxylic acids is 1. The Kier molecular flexibility index (Phi) is 4.93. The maximum absolute atomic E-state index is 12.0. The topological polar surface area (TPSA) is 71.8 Å². The van der Waals surface area contributed by atoms with E-state index >= 15 is 0 Å². The van der Waals surface area contributed by atoms with Gasteiger partial charge in [-0.25, -0.2) is 14.6 Å². The molecule has 1 heterocycles. The molecule has 0 aliphatic carbocycles. The van der Waals surface area contributed by atoms with Gasteiger partial charge in [0.15, 0.2) is 0 Å². The third-order valence-electron chi connectivity index (χ3n) is 2.60. The zero-order chi connectivity index (χ0) is 13.8. The second-order valence-electron chi connectivity index (χ2n) is 5.30. The van der Waals surface area contributed by atoms with Crippen molar-refractivity contribution in [1.29, 1.82) is 5.26 Å².